The molecule has 13 heteroatoms. The molecular formula is C20H10F6O4S3. The normalized spacial score (nSPS) is 13.4. The molecule has 0 atom stereocenters. The summed E-state index contributed by atoms with van der Waals surface area (Å²) in [5.74, 6) is -6.00. The summed E-state index contributed by atoms with van der Waals surface area (Å²) < 4.78 is 74.0. The number of carbonyl (C=O) groups is 2. The minimum atomic E-state index is -5.10. The summed E-state index contributed by atoms with van der Waals surface area (Å²) in [4.78, 5) is 24.6. The summed E-state index contributed by atoms with van der Waals surface area (Å²) >= 11 is 3.16. The predicted octanol–water partition coefficient (Wildman–Crippen LogP) is 7.27. The number of ketones is 2. The summed E-state index contributed by atoms with van der Waals surface area (Å²) in [6.07, 6.45) is -9.99. The zero-order valence-corrected chi connectivity index (χ0v) is 18.3. The zero-order valence-electron chi connectivity index (χ0n) is 15.8. The van der Waals surface area contributed by atoms with Gasteiger partial charge in [0.15, 0.2) is 0 Å². The Morgan fingerprint density at radius 3 is 1.24 bits per heavy atom. The van der Waals surface area contributed by atoms with E-state index in [4.69, 9.17) is 0 Å². The van der Waals surface area contributed by atoms with Crippen molar-refractivity contribution < 1.29 is 46.1 Å². The molecule has 0 spiro atoms. The van der Waals surface area contributed by atoms with E-state index in [1.54, 1.807) is 24.3 Å². The lowest BCUT2D eigenvalue weighted by Gasteiger charge is -2.01. The highest BCUT2D eigenvalue weighted by Gasteiger charge is 2.37. The number of thiophene rings is 3. The first-order chi connectivity index (χ1) is 15.3. The fraction of sp³-hybridized carbons (Fsp3) is 0.100. The van der Waals surface area contributed by atoms with Gasteiger partial charge >= 0.3 is 12.4 Å². The van der Waals surface area contributed by atoms with Crippen LogP contribution in [0.15, 0.2) is 48.6 Å². The van der Waals surface area contributed by atoms with Gasteiger partial charge in [-0.3, -0.25) is 9.59 Å². The average molecular weight is 524 g/mol. The Balaban J connectivity index is 1.79. The number of carbonyl (C=O) groups excluding carboxylic acids is 2. The van der Waals surface area contributed by atoms with Gasteiger partial charge in [-0.15, -0.1) is 34.0 Å². The van der Waals surface area contributed by atoms with E-state index in [0.717, 1.165) is 22.7 Å². The van der Waals surface area contributed by atoms with Gasteiger partial charge in [-0.2, -0.15) is 26.3 Å². The molecule has 0 saturated heterocycles. The van der Waals surface area contributed by atoms with Crippen molar-refractivity contribution in [2.24, 2.45) is 0 Å². The number of aliphatic hydroxyl groups is 2. The lowest BCUT2D eigenvalue weighted by molar-refractivity contribution is -0.165. The molecule has 0 amide bonds. The van der Waals surface area contributed by atoms with E-state index in [-0.39, 0.29) is 21.9 Å². The Bertz CT molecular complexity index is 1160. The number of rotatable bonds is 6. The first kappa shape index (κ1) is 24.7. The molecule has 174 valence electrons. The molecule has 3 aromatic rings. The van der Waals surface area contributed by atoms with Crippen LogP contribution < -0.4 is 0 Å². The number of allylic oxidation sites excluding steroid dienone is 2. The molecule has 0 unspecified atom stereocenters. The van der Waals surface area contributed by atoms with Crippen LogP contribution >= 0.6 is 34.0 Å². The summed E-state index contributed by atoms with van der Waals surface area (Å²) in [6.45, 7) is 0. The van der Waals surface area contributed by atoms with Crippen molar-refractivity contribution in [3.63, 3.8) is 0 Å². The third-order valence-corrected chi connectivity index (χ3v) is 7.60. The minimum absolute atomic E-state index is 0.0559. The number of aliphatic hydroxyl groups excluding tert-OH is 2. The summed E-state index contributed by atoms with van der Waals surface area (Å²) in [6, 6.07) is 9.21. The SMILES string of the molecule is O=C(/C=C(\O)c1ccc(-c2ccc(-c3ccc(/C(O)=C/C(=O)C(F)(F)F)s3)s2)s1)C(F)(F)F. The van der Waals surface area contributed by atoms with E-state index in [1.807, 2.05) is 0 Å². The molecule has 0 saturated carbocycles. The molecule has 3 heterocycles. The number of alkyl halides is 6. The Morgan fingerprint density at radius 2 is 0.909 bits per heavy atom. The van der Waals surface area contributed by atoms with Crippen LogP contribution in [0.2, 0.25) is 0 Å². The molecule has 2 N–H and O–H groups in total. The van der Waals surface area contributed by atoms with E-state index in [9.17, 15) is 46.1 Å². The van der Waals surface area contributed by atoms with E-state index < -0.39 is 35.4 Å². The van der Waals surface area contributed by atoms with Crippen LogP contribution in [0, 0.1) is 0 Å². The maximum Gasteiger partial charge on any atom is 0.454 e. The van der Waals surface area contributed by atoms with Crippen LogP contribution in [0.25, 0.3) is 31.0 Å². The highest BCUT2D eigenvalue weighted by Crippen LogP contribution is 2.41. The van der Waals surface area contributed by atoms with E-state index in [1.165, 1.54) is 23.5 Å². The van der Waals surface area contributed by atoms with Gasteiger partial charge in [0.25, 0.3) is 11.6 Å². The fourth-order valence-corrected chi connectivity index (χ4v) is 5.40. The maximum absolute atomic E-state index is 12.3. The zero-order chi connectivity index (χ0) is 24.6. The van der Waals surface area contributed by atoms with E-state index in [0.29, 0.717) is 19.5 Å². The Hall–Kier alpha value is -2.90. The molecule has 33 heavy (non-hydrogen) atoms. The smallest absolute Gasteiger partial charge is 0.454 e. The molecule has 0 aliphatic heterocycles. The van der Waals surface area contributed by atoms with Crippen molar-refractivity contribution >= 4 is 57.1 Å². The van der Waals surface area contributed by atoms with Crippen LogP contribution in [0.4, 0.5) is 26.3 Å². The maximum atomic E-state index is 12.3. The molecular weight excluding hydrogens is 514 g/mol. The van der Waals surface area contributed by atoms with Crippen LogP contribution in [-0.2, 0) is 9.59 Å². The van der Waals surface area contributed by atoms with Crippen LogP contribution in [0.5, 0.6) is 0 Å². The molecule has 0 radical (unpaired) electrons. The Morgan fingerprint density at radius 1 is 0.606 bits per heavy atom. The first-order valence-corrected chi connectivity index (χ1v) is 11.1. The highest BCUT2D eigenvalue weighted by molar-refractivity contribution is 7.26. The number of hydrogen-bond donors (Lipinski definition) is 2. The monoisotopic (exact) mass is 524 g/mol. The largest absolute Gasteiger partial charge is 0.506 e. The molecule has 0 fully saturated rings. The van der Waals surface area contributed by atoms with E-state index in [2.05, 4.69) is 0 Å². The summed E-state index contributed by atoms with van der Waals surface area (Å²) in [5, 5.41) is 19.6. The molecule has 0 aliphatic rings. The fourth-order valence-electron chi connectivity index (χ4n) is 2.37. The molecule has 0 bridgehead atoms. The van der Waals surface area contributed by atoms with Gasteiger partial charge in [-0.25, -0.2) is 0 Å². The van der Waals surface area contributed by atoms with Gasteiger partial charge in [-0.1, -0.05) is 0 Å². The second-order valence-corrected chi connectivity index (χ2v) is 9.53. The quantitative estimate of drug-likeness (QED) is 0.202. The van der Waals surface area contributed by atoms with Gasteiger partial charge in [0.2, 0.25) is 0 Å². The second-order valence-electron chi connectivity index (χ2n) is 6.27. The minimum Gasteiger partial charge on any atom is -0.506 e. The molecule has 0 aliphatic carbocycles. The average Bonchev–Trinajstić information content (AvgIpc) is 3.45. The van der Waals surface area contributed by atoms with Crippen molar-refractivity contribution in [1.82, 2.24) is 0 Å². The van der Waals surface area contributed by atoms with Crippen LogP contribution in [0.1, 0.15) is 9.75 Å². The van der Waals surface area contributed by atoms with Crippen molar-refractivity contribution in [2.45, 2.75) is 12.4 Å². The predicted molar refractivity (Wildman–Crippen MR) is 114 cm³/mol. The van der Waals surface area contributed by atoms with Crippen LogP contribution in [0.3, 0.4) is 0 Å². The number of halogens is 6. The first-order valence-electron chi connectivity index (χ1n) is 8.60. The Labute approximate surface area is 193 Å². The third kappa shape index (κ3) is 5.92. The van der Waals surface area contributed by atoms with Crippen molar-refractivity contribution in [3.05, 3.63) is 58.3 Å². The molecule has 4 nitrogen and oxygen atoms in total. The Kier molecular flexibility index (Phi) is 6.86. The van der Waals surface area contributed by atoms with Gasteiger partial charge in [0, 0.05) is 31.7 Å². The standard InChI is InChI=1S/C20H10F6O4S3/c21-19(22,23)17(29)7-9(27)11-1-3-13(31-11)15-5-6-16(33-15)14-4-2-12(32-14)10(28)8-18(30)20(24,25)26/h1-8,27-28H/b9-7-,10-8-. The lowest BCUT2D eigenvalue weighted by atomic mass is 10.3. The van der Waals surface area contributed by atoms with Crippen molar-refractivity contribution in [3.8, 4) is 19.5 Å². The van der Waals surface area contributed by atoms with Gasteiger partial charge < -0.3 is 10.2 Å². The molecule has 3 rings (SSSR count). The lowest BCUT2D eigenvalue weighted by Crippen LogP contribution is -2.20. The summed E-state index contributed by atoms with van der Waals surface area (Å²) in [5.41, 5.74) is 0. The van der Waals surface area contributed by atoms with Crippen LogP contribution in [-0.4, -0.2) is 34.1 Å². The van der Waals surface area contributed by atoms with Crippen molar-refractivity contribution in [2.75, 3.05) is 0 Å². The summed E-state index contributed by atoms with van der Waals surface area (Å²) in [7, 11) is 0. The number of hydrogen-bond acceptors (Lipinski definition) is 7. The van der Waals surface area contributed by atoms with Crippen molar-refractivity contribution in [1.29, 1.82) is 0 Å². The highest BCUT2D eigenvalue weighted by atomic mass is 32.1. The molecule has 0 aromatic carbocycles. The van der Waals surface area contributed by atoms with Gasteiger partial charge in [0.05, 0.1) is 9.75 Å². The second kappa shape index (κ2) is 9.15. The van der Waals surface area contributed by atoms with Gasteiger partial charge in [0.1, 0.15) is 11.5 Å². The third-order valence-electron chi connectivity index (χ3n) is 3.90. The molecule has 3 aromatic heterocycles. The van der Waals surface area contributed by atoms with Gasteiger partial charge in [-0.05, 0) is 36.4 Å². The van der Waals surface area contributed by atoms with E-state index >= 15 is 0 Å². The topological polar surface area (TPSA) is 74.6 Å².